The Hall–Kier alpha value is -2.28. The molecule has 1 aliphatic heterocycles. The zero-order valence-corrected chi connectivity index (χ0v) is 13.0. The lowest BCUT2D eigenvalue weighted by molar-refractivity contribution is -0.122. The fourth-order valence-electron chi connectivity index (χ4n) is 2.48. The topological polar surface area (TPSA) is 75.2 Å². The number of benzene rings is 1. The SMILES string of the molecule is CCc1ccc(N2C[C@H](C(=O)Nc3nncs3)CC2=O)cc1. The molecule has 1 saturated heterocycles. The number of aromatic nitrogens is 2. The third-order valence-electron chi connectivity index (χ3n) is 3.74. The Balaban J connectivity index is 1.68. The highest BCUT2D eigenvalue weighted by atomic mass is 32.1. The van der Waals surface area contributed by atoms with Gasteiger partial charge in [-0.3, -0.25) is 9.59 Å². The van der Waals surface area contributed by atoms with Gasteiger partial charge in [-0.1, -0.05) is 30.4 Å². The predicted octanol–water partition coefficient (Wildman–Crippen LogP) is 2.09. The van der Waals surface area contributed by atoms with Crippen molar-refractivity contribution in [3.63, 3.8) is 0 Å². The van der Waals surface area contributed by atoms with E-state index in [1.807, 2.05) is 24.3 Å². The smallest absolute Gasteiger partial charge is 0.231 e. The van der Waals surface area contributed by atoms with Crippen LogP contribution in [0.3, 0.4) is 0 Å². The minimum Gasteiger partial charge on any atom is -0.312 e. The second-order valence-electron chi connectivity index (χ2n) is 5.16. The monoisotopic (exact) mass is 316 g/mol. The molecule has 114 valence electrons. The van der Waals surface area contributed by atoms with Crippen LogP contribution in [0.1, 0.15) is 18.9 Å². The molecule has 0 radical (unpaired) electrons. The van der Waals surface area contributed by atoms with Crippen molar-refractivity contribution in [2.45, 2.75) is 19.8 Å². The summed E-state index contributed by atoms with van der Waals surface area (Å²) in [4.78, 5) is 26.0. The van der Waals surface area contributed by atoms with Gasteiger partial charge in [0.2, 0.25) is 16.9 Å². The minimum atomic E-state index is -0.359. The molecule has 3 rings (SSSR count). The van der Waals surface area contributed by atoms with E-state index in [9.17, 15) is 9.59 Å². The largest absolute Gasteiger partial charge is 0.312 e. The number of hydrogen-bond donors (Lipinski definition) is 1. The summed E-state index contributed by atoms with van der Waals surface area (Å²) < 4.78 is 0. The van der Waals surface area contributed by atoms with Crippen molar-refractivity contribution in [2.75, 3.05) is 16.8 Å². The van der Waals surface area contributed by atoms with Crippen LogP contribution in [0, 0.1) is 5.92 Å². The Morgan fingerprint density at radius 1 is 1.41 bits per heavy atom. The van der Waals surface area contributed by atoms with E-state index >= 15 is 0 Å². The molecular formula is C15H16N4O2S. The summed E-state index contributed by atoms with van der Waals surface area (Å²) in [6.07, 6.45) is 1.18. The molecule has 0 unspecified atom stereocenters. The van der Waals surface area contributed by atoms with Crippen LogP contribution >= 0.6 is 11.3 Å². The maximum absolute atomic E-state index is 12.2. The fraction of sp³-hybridized carbons (Fsp3) is 0.333. The number of carbonyl (C=O) groups is 2. The number of carbonyl (C=O) groups excluding carboxylic acids is 2. The van der Waals surface area contributed by atoms with E-state index in [1.165, 1.54) is 16.9 Å². The average Bonchev–Trinajstić information content (AvgIpc) is 3.17. The maximum Gasteiger partial charge on any atom is 0.231 e. The molecule has 1 aromatic heterocycles. The molecule has 1 aromatic carbocycles. The number of amides is 2. The molecule has 2 aromatic rings. The molecule has 1 aliphatic rings. The van der Waals surface area contributed by atoms with Crippen molar-refractivity contribution in [3.05, 3.63) is 35.3 Å². The van der Waals surface area contributed by atoms with E-state index in [0.717, 1.165) is 12.1 Å². The Labute approximate surface area is 132 Å². The quantitative estimate of drug-likeness (QED) is 0.937. The second-order valence-corrected chi connectivity index (χ2v) is 5.99. The molecular weight excluding hydrogens is 300 g/mol. The van der Waals surface area contributed by atoms with Crippen molar-refractivity contribution in [1.29, 1.82) is 0 Å². The van der Waals surface area contributed by atoms with E-state index in [0.29, 0.717) is 11.7 Å². The molecule has 0 aliphatic carbocycles. The summed E-state index contributed by atoms with van der Waals surface area (Å²) in [5.74, 6) is -0.568. The van der Waals surface area contributed by atoms with Gasteiger partial charge in [-0.2, -0.15) is 0 Å². The first-order valence-corrected chi connectivity index (χ1v) is 8.01. The first kappa shape index (κ1) is 14.6. The van der Waals surface area contributed by atoms with Gasteiger partial charge in [0.1, 0.15) is 5.51 Å². The maximum atomic E-state index is 12.2. The fourth-order valence-corrected chi connectivity index (χ4v) is 2.93. The Kier molecular flexibility index (Phi) is 4.15. The van der Waals surface area contributed by atoms with Crippen LogP contribution in [0.5, 0.6) is 0 Å². The standard InChI is InChI=1S/C15H16N4O2S/c1-2-10-3-5-12(6-4-10)19-8-11(7-13(19)20)14(21)17-15-18-16-9-22-15/h3-6,9,11H,2,7-8H2,1H3,(H,17,18,21)/t11-/m1/s1. The molecule has 7 heteroatoms. The van der Waals surface area contributed by atoms with Gasteiger partial charge >= 0.3 is 0 Å². The minimum absolute atomic E-state index is 0.0262. The first-order chi connectivity index (χ1) is 10.7. The predicted molar refractivity (Wildman–Crippen MR) is 84.8 cm³/mol. The highest BCUT2D eigenvalue weighted by molar-refractivity contribution is 7.13. The number of aryl methyl sites for hydroxylation is 1. The number of rotatable bonds is 4. The first-order valence-electron chi connectivity index (χ1n) is 7.13. The van der Waals surface area contributed by atoms with Crippen molar-refractivity contribution in [3.8, 4) is 0 Å². The van der Waals surface area contributed by atoms with Gasteiger partial charge in [0, 0.05) is 18.7 Å². The molecule has 2 amide bonds. The van der Waals surface area contributed by atoms with E-state index in [4.69, 9.17) is 0 Å². The van der Waals surface area contributed by atoms with Gasteiger partial charge in [-0.15, -0.1) is 10.2 Å². The van der Waals surface area contributed by atoms with E-state index in [1.54, 1.807) is 10.4 Å². The molecule has 0 spiro atoms. The summed E-state index contributed by atoms with van der Waals surface area (Å²) in [5, 5.41) is 10.6. The van der Waals surface area contributed by atoms with Crippen LogP contribution in [-0.2, 0) is 16.0 Å². The third-order valence-corrected chi connectivity index (χ3v) is 4.35. The van der Waals surface area contributed by atoms with Crippen molar-refractivity contribution < 1.29 is 9.59 Å². The van der Waals surface area contributed by atoms with Gasteiger partial charge in [-0.25, -0.2) is 0 Å². The molecule has 22 heavy (non-hydrogen) atoms. The summed E-state index contributed by atoms with van der Waals surface area (Å²) in [7, 11) is 0. The zero-order chi connectivity index (χ0) is 15.5. The van der Waals surface area contributed by atoms with Gasteiger partial charge < -0.3 is 10.2 Å². The van der Waals surface area contributed by atoms with Crippen LogP contribution in [0.15, 0.2) is 29.8 Å². The molecule has 1 N–H and O–H groups in total. The lowest BCUT2D eigenvalue weighted by atomic mass is 10.1. The van der Waals surface area contributed by atoms with Crippen LogP contribution in [-0.4, -0.2) is 28.6 Å². The zero-order valence-electron chi connectivity index (χ0n) is 12.2. The van der Waals surface area contributed by atoms with Crippen LogP contribution in [0.4, 0.5) is 10.8 Å². The van der Waals surface area contributed by atoms with Crippen molar-refractivity contribution in [1.82, 2.24) is 10.2 Å². The summed E-state index contributed by atoms with van der Waals surface area (Å²) in [6, 6.07) is 7.89. The lowest BCUT2D eigenvalue weighted by Gasteiger charge is -2.16. The Morgan fingerprint density at radius 3 is 2.82 bits per heavy atom. The molecule has 0 saturated carbocycles. The van der Waals surface area contributed by atoms with Gasteiger partial charge in [0.25, 0.3) is 0 Å². The number of nitrogens with zero attached hydrogens (tertiary/aromatic N) is 3. The number of nitrogens with one attached hydrogen (secondary N) is 1. The third kappa shape index (κ3) is 2.99. The molecule has 1 fully saturated rings. The van der Waals surface area contributed by atoms with Crippen molar-refractivity contribution >= 4 is 34.0 Å². The Morgan fingerprint density at radius 2 is 2.18 bits per heavy atom. The second kappa shape index (κ2) is 6.23. The highest BCUT2D eigenvalue weighted by Crippen LogP contribution is 2.26. The summed E-state index contributed by atoms with van der Waals surface area (Å²) >= 11 is 1.26. The van der Waals surface area contributed by atoms with Crippen LogP contribution < -0.4 is 10.2 Å². The normalized spacial score (nSPS) is 17.8. The Bertz CT molecular complexity index is 669. The average molecular weight is 316 g/mol. The van der Waals surface area contributed by atoms with Gasteiger partial charge in [0.15, 0.2) is 0 Å². The summed E-state index contributed by atoms with van der Waals surface area (Å²) in [6.45, 7) is 2.48. The van der Waals surface area contributed by atoms with E-state index in [-0.39, 0.29) is 24.2 Å². The summed E-state index contributed by atoms with van der Waals surface area (Å²) in [5.41, 5.74) is 3.62. The van der Waals surface area contributed by atoms with Crippen molar-refractivity contribution in [2.24, 2.45) is 5.92 Å². The molecule has 1 atom stereocenters. The highest BCUT2D eigenvalue weighted by Gasteiger charge is 2.35. The van der Waals surface area contributed by atoms with Crippen LogP contribution in [0.2, 0.25) is 0 Å². The van der Waals surface area contributed by atoms with Crippen LogP contribution in [0.25, 0.3) is 0 Å². The number of hydrogen-bond acceptors (Lipinski definition) is 5. The lowest BCUT2D eigenvalue weighted by Crippen LogP contribution is -2.28. The number of anilines is 2. The molecule has 0 bridgehead atoms. The molecule has 2 heterocycles. The van der Waals surface area contributed by atoms with E-state index < -0.39 is 0 Å². The van der Waals surface area contributed by atoms with Gasteiger partial charge in [0.05, 0.1) is 5.92 Å². The molecule has 6 nitrogen and oxygen atoms in total. The van der Waals surface area contributed by atoms with Gasteiger partial charge in [-0.05, 0) is 24.1 Å². The van der Waals surface area contributed by atoms with E-state index in [2.05, 4.69) is 22.4 Å².